The zero-order chi connectivity index (χ0) is 19.4. The van der Waals surface area contributed by atoms with Crippen molar-refractivity contribution in [2.75, 3.05) is 13.2 Å². The SMILES string of the molecule is Cc1nn(-c2ccc(F)cc2)c(Cl)c1/C=C/C(=O)NCC(=O)OCC1CC1. The van der Waals surface area contributed by atoms with Gasteiger partial charge in [0.15, 0.2) is 0 Å². The lowest BCUT2D eigenvalue weighted by atomic mass is 10.2. The van der Waals surface area contributed by atoms with Gasteiger partial charge in [-0.1, -0.05) is 11.6 Å². The summed E-state index contributed by atoms with van der Waals surface area (Å²) in [5, 5.41) is 7.08. The largest absolute Gasteiger partial charge is 0.464 e. The van der Waals surface area contributed by atoms with Crippen LogP contribution < -0.4 is 5.32 Å². The minimum atomic E-state index is -0.456. The number of amides is 1. The van der Waals surface area contributed by atoms with Gasteiger partial charge in [0, 0.05) is 11.6 Å². The Morgan fingerprint density at radius 3 is 2.74 bits per heavy atom. The van der Waals surface area contributed by atoms with Gasteiger partial charge in [-0.15, -0.1) is 0 Å². The fourth-order valence-electron chi connectivity index (χ4n) is 2.38. The third-order valence-electron chi connectivity index (χ3n) is 4.10. The van der Waals surface area contributed by atoms with Crippen LogP contribution >= 0.6 is 11.6 Å². The number of rotatable bonds is 7. The summed E-state index contributed by atoms with van der Waals surface area (Å²) >= 11 is 6.34. The van der Waals surface area contributed by atoms with Crippen molar-refractivity contribution in [2.24, 2.45) is 5.92 Å². The van der Waals surface area contributed by atoms with Gasteiger partial charge in [-0.3, -0.25) is 9.59 Å². The first-order valence-electron chi connectivity index (χ1n) is 8.56. The van der Waals surface area contributed by atoms with Crippen LogP contribution in [-0.2, 0) is 14.3 Å². The van der Waals surface area contributed by atoms with E-state index in [9.17, 15) is 14.0 Å². The molecule has 27 heavy (non-hydrogen) atoms. The first-order valence-corrected chi connectivity index (χ1v) is 8.94. The Balaban J connectivity index is 1.59. The van der Waals surface area contributed by atoms with Gasteiger partial charge in [0.2, 0.25) is 5.91 Å². The normalized spacial score (nSPS) is 13.7. The number of esters is 1. The molecule has 1 N–H and O–H groups in total. The van der Waals surface area contributed by atoms with E-state index in [4.69, 9.17) is 16.3 Å². The first-order chi connectivity index (χ1) is 12.9. The Labute approximate surface area is 161 Å². The average molecular weight is 392 g/mol. The number of carbonyl (C=O) groups is 2. The molecule has 6 nitrogen and oxygen atoms in total. The van der Waals surface area contributed by atoms with E-state index >= 15 is 0 Å². The molecule has 142 valence electrons. The molecular formula is C19H19ClFN3O3. The molecule has 1 aromatic carbocycles. The third kappa shape index (κ3) is 5.17. The molecule has 8 heteroatoms. The third-order valence-corrected chi connectivity index (χ3v) is 4.47. The maximum atomic E-state index is 13.1. The van der Waals surface area contributed by atoms with E-state index in [0.29, 0.717) is 34.6 Å². The molecule has 1 aliphatic rings. The van der Waals surface area contributed by atoms with Crippen molar-refractivity contribution in [2.45, 2.75) is 19.8 Å². The molecule has 1 aromatic heterocycles. The molecule has 0 spiro atoms. The lowest BCUT2D eigenvalue weighted by Gasteiger charge is -2.04. The number of halogens is 2. The van der Waals surface area contributed by atoms with Crippen LogP contribution in [0, 0.1) is 18.7 Å². The van der Waals surface area contributed by atoms with E-state index in [1.54, 1.807) is 19.1 Å². The van der Waals surface area contributed by atoms with E-state index in [-0.39, 0.29) is 12.4 Å². The molecule has 3 rings (SSSR count). The molecule has 0 unspecified atom stereocenters. The molecule has 0 saturated heterocycles. The lowest BCUT2D eigenvalue weighted by Crippen LogP contribution is -2.29. The second kappa shape index (κ2) is 8.35. The van der Waals surface area contributed by atoms with E-state index in [1.807, 2.05) is 0 Å². The van der Waals surface area contributed by atoms with Gasteiger partial charge < -0.3 is 10.1 Å². The maximum absolute atomic E-state index is 13.1. The predicted octanol–water partition coefficient (Wildman–Crippen LogP) is 3.06. The highest BCUT2D eigenvalue weighted by Crippen LogP contribution is 2.28. The molecule has 1 aliphatic carbocycles. The Hall–Kier alpha value is -2.67. The van der Waals surface area contributed by atoms with Crippen molar-refractivity contribution in [3.8, 4) is 5.69 Å². The van der Waals surface area contributed by atoms with Crippen LogP contribution in [0.4, 0.5) is 4.39 Å². The number of hydrogen-bond acceptors (Lipinski definition) is 4. The summed E-state index contributed by atoms with van der Waals surface area (Å²) in [4.78, 5) is 23.4. The van der Waals surface area contributed by atoms with Gasteiger partial charge >= 0.3 is 5.97 Å². The van der Waals surface area contributed by atoms with Crippen molar-refractivity contribution in [1.82, 2.24) is 15.1 Å². The molecule has 0 aliphatic heterocycles. The zero-order valence-electron chi connectivity index (χ0n) is 14.7. The van der Waals surface area contributed by atoms with Crippen LogP contribution in [0.3, 0.4) is 0 Å². The first kappa shape index (κ1) is 19.1. The van der Waals surface area contributed by atoms with Gasteiger partial charge in [-0.2, -0.15) is 5.10 Å². The Bertz CT molecular complexity index is 873. The van der Waals surface area contributed by atoms with Crippen LogP contribution in [0.5, 0.6) is 0 Å². The summed E-state index contributed by atoms with van der Waals surface area (Å²) in [6.07, 6.45) is 4.98. The van der Waals surface area contributed by atoms with Crippen molar-refractivity contribution in [3.05, 3.63) is 52.6 Å². The number of hydrogen-bond donors (Lipinski definition) is 1. The fraction of sp³-hybridized carbons (Fsp3) is 0.316. The van der Waals surface area contributed by atoms with Crippen LogP contribution in [0.2, 0.25) is 5.15 Å². The summed E-state index contributed by atoms with van der Waals surface area (Å²) in [6, 6.07) is 5.74. The summed E-state index contributed by atoms with van der Waals surface area (Å²) in [7, 11) is 0. The standard InChI is InChI=1S/C19H19ClFN3O3/c1-12-16(19(20)24(23-12)15-6-4-14(21)5-7-15)8-9-17(25)22-10-18(26)27-11-13-2-3-13/h4-9,13H,2-3,10-11H2,1H3,(H,22,25)/b9-8+. The predicted molar refractivity (Wildman–Crippen MR) is 99.0 cm³/mol. The summed E-state index contributed by atoms with van der Waals surface area (Å²) in [5.74, 6) is -0.774. The number of nitrogens with one attached hydrogen (secondary N) is 1. The van der Waals surface area contributed by atoms with Gasteiger partial charge in [0.25, 0.3) is 0 Å². The molecule has 0 bridgehead atoms. The highest BCUT2D eigenvalue weighted by Gasteiger charge is 2.23. The molecular weight excluding hydrogens is 373 g/mol. The van der Waals surface area contributed by atoms with Crippen LogP contribution in [0.25, 0.3) is 11.8 Å². The Morgan fingerprint density at radius 1 is 1.37 bits per heavy atom. The van der Waals surface area contributed by atoms with Crippen LogP contribution in [0.15, 0.2) is 30.3 Å². The summed E-state index contributed by atoms with van der Waals surface area (Å²) in [5.41, 5.74) is 1.77. The van der Waals surface area contributed by atoms with Gasteiger partial charge in [-0.05, 0) is 56.0 Å². The second-order valence-electron chi connectivity index (χ2n) is 6.36. The number of carbonyl (C=O) groups excluding carboxylic acids is 2. The molecule has 1 fully saturated rings. The lowest BCUT2D eigenvalue weighted by molar-refractivity contribution is -0.144. The monoisotopic (exact) mass is 391 g/mol. The van der Waals surface area contributed by atoms with Crippen molar-refractivity contribution in [3.63, 3.8) is 0 Å². The van der Waals surface area contributed by atoms with Crippen molar-refractivity contribution < 1.29 is 18.7 Å². The summed E-state index contributed by atoms with van der Waals surface area (Å²) in [6.45, 7) is 1.98. The maximum Gasteiger partial charge on any atom is 0.325 e. The highest BCUT2D eigenvalue weighted by molar-refractivity contribution is 6.31. The number of ether oxygens (including phenoxy) is 1. The molecule has 2 aromatic rings. The van der Waals surface area contributed by atoms with Crippen molar-refractivity contribution >= 4 is 29.6 Å². The zero-order valence-corrected chi connectivity index (χ0v) is 15.5. The molecule has 0 atom stereocenters. The number of aryl methyl sites for hydroxylation is 1. The molecule has 1 saturated carbocycles. The van der Waals surface area contributed by atoms with Crippen LogP contribution in [0.1, 0.15) is 24.1 Å². The van der Waals surface area contributed by atoms with E-state index in [1.165, 1.54) is 29.0 Å². The highest BCUT2D eigenvalue weighted by atomic mass is 35.5. The Morgan fingerprint density at radius 2 is 2.07 bits per heavy atom. The number of nitrogens with zero attached hydrogens (tertiary/aromatic N) is 2. The Kier molecular flexibility index (Phi) is 5.91. The quantitative estimate of drug-likeness (QED) is 0.581. The molecule has 1 amide bonds. The summed E-state index contributed by atoms with van der Waals surface area (Å²) < 4.78 is 19.6. The van der Waals surface area contributed by atoms with Crippen LogP contribution in [-0.4, -0.2) is 34.8 Å². The van der Waals surface area contributed by atoms with E-state index < -0.39 is 11.9 Å². The minimum Gasteiger partial charge on any atom is -0.464 e. The fourth-order valence-corrected chi connectivity index (χ4v) is 2.71. The smallest absolute Gasteiger partial charge is 0.325 e. The number of aromatic nitrogens is 2. The molecule has 0 radical (unpaired) electrons. The van der Waals surface area contributed by atoms with Gasteiger partial charge in [0.05, 0.1) is 18.0 Å². The van der Waals surface area contributed by atoms with E-state index in [0.717, 1.165) is 12.8 Å². The van der Waals surface area contributed by atoms with Gasteiger partial charge in [0.1, 0.15) is 17.5 Å². The van der Waals surface area contributed by atoms with Gasteiger partial charge in [-0.25, -0.2) is 9.07 Å². The average Bonchev–Trinajstić information content (AvgIpc) is 3.43. The topological polar surface area (TPSA) is 73.2 Å². The van der Waals surface area contributed by atoms with E-state index in [2.05, 4.69) is 10.4 Å². The van der Waals surface area contributed by atoms with Crippen molar-refractivity contribution in [1.29, 1.82) is 0 Å². The molecule has 1 heterocycles. The minimum absolute atomic E-state index is 0.183. The number of benzene rings is 1. The second-order valence-corrected chi connectivity index (χ2v) is 6.71.